The van der Waals surface area contributed by atoms with Gasteiger partial charge in [0, 0.05) is 5.54 Å². The minimum Gasteiger partial charge on any atom is -0.481 e. The van der Waals surface area contributed by atoms with Crippen molar-refractivity contribution in [2.45, 2.75) is 70.9 Å². The van der Waals surface area contributed by atoms with E-state index in [1.165, 1.54) is 44.1 Å². The summed E-state index contributed by atoms with van der Waals surface area (Å²) in [4.78, 5) is 12.8. The van der Waals surface area contributed by atoms with Crippen LogP contribution in [0.3, 0.4) is 0 Å². The van der Waals surface area contributed by atoms with Crippen molar-refractivity contribution in [2.24, 2.45) is 17.8 Å². The molecule has 0 spiro atoms. The maximum atomic E-state index is 12.8. The fourth-order valence-electron chi connectivity index (χ4n) is 5.80. The SMILES string of the molecule is Cc1ccc(O[C@H](C)C(=O)NC23CC4CC(CC(C4)C2)C3)c(C)c1. The molecule has 3 nitrogen and oxygen atoms in total. The summed E-state index contributed by atoms with van der Waals surface area (Å²) < 4.78 is 5.96. The minimum atomic E-state index is -0.445. The van der Waals surface area contributed by atoms with Crippen molar-refractivity contribution in [1.82, 2.24) is 5.32 Å². The number of carbonyl (C=O) groups excluding carboxylic acids is 1. The molecule has 4 fully saturated rings. The van der Waals surface area contributed by atoms with Gasteiger partial charge in [-0.15, -0.1) is 0 Å². The Hall–Kier alpha value is -1.51. The van der Waals surface area contributed by atoms with Gasteiger partial charge in [-0.2, -0.15) is 0 Å². The predicted molar refractivity (Wildman–Crippen MR) is 95.1 cm³/mol. The Balaban J connectivity index is 1.42. The van der Waals surface area contributed by atoms with Crippen LogP contribution in [0.1, 0.15) is 56.6 Å². The van der Waals surface area contributed by atoms with Crippen molar-refractivity contribution in [3.63, 3.8) is 0 Å². The van der Waals surface area contributed by atoms with E-state index in [-0.39, 0.29) is 11.4 Å². The summed E-state index contributed by atoms with van der Waals surface area (Å²) in [6, 6.07) is 6.10. The Morgan fingerprint density at radius 3 is 2.25 bits per heavy atom. The van der Waals surface area contributed by atoms with E-state index < -0.39 is 6.10 Å². The molecule has 0 heterocycles. The topological polar surface area (TPSA) is 38.3 Å². The van der Waals surface area contributed by atoms with Gasteiger partial charge in [0.15, 0.2) is 6.10 Å². The van der Waals surface area contributed by atoms with E-state index in [1.807, 2.05) is 26.0 Å². The smallest absolute Gasteiger partial charge is 0.261 e. The van der Waals surface area contributed by atoms with E-state index >= 15 is 0 Å². The lowest BCUT2D eigenvalue weighted by molar-refractivity contribution is -0.133. The van der Waals surface area contributed by atoms with Crippen LogP contribution in [0.25, 0.3) is 0 Å². The lowest BCUT2D eigenvalue weighted by Crippen LogP contribution is -2.61. The van der Waals surface area contributed by atoms with E-state index in [2.05, 4.69) is 18.3 Å². The zero-order valence-corrected chi connectivity index (χ0v) is 15.1. The lowest BCUT2D eigenvalue weighted by Gasteiger charge is -2.57. The third-order valence-corrected chi connectivity index (χ3v) is 6.43. The average Bonchev–Trinajstić information content (AvgIpc) is 2.48. The van der Waals surface area contributed by atoms with Gasteiger partial charge >= 0.3 is 0 Å². The zero-order chi connectivity index (χ0) is 16.9. The fourth-order valence-corrected chi connectivity index (χ4v) is 5.80. The molecule has 5 rings (SSSR count). The number of ether oxygens (including phenoxy) is 1. The highest BCUT2D eigenvalue weighted by molar-refractivity contribution is 5.81. The number of hydrogen-bond acceptors (Lipinski definition) is 2. The Morgan fingerprint density at radius 1 is 1.12 bits per heavy atom. The van der Waals surface area contributed by atoms with Gasteiger partial charge in [0.25, 0.3) is 5.91 Å². The summed E-state index contributed by atoms with van der Waals surface area (Å²) in [6.07, 6.45) is 7.28. The van der Waals surface area contributed by atoms with E-state index in [1.54, 1.807) is 0 Å². The predicted octanol–water partition coefficient (Wildman–Crippen LogP) is 4.16. The first-order valence-electron chi connectivity index (χ1n) is 9.48. The lowest BCUT2D eigenvalue weighted by atomic mass is 9.53. The molecule has 0 aliphatic heterocycles. The highest BCUT2D eigenvalue weighted by Crippen LogP contribution is 2.55. The van der Waals surface area contributed by atoms with Crippen LogP contribution in [0.2, 0.25) is 0 Å². The molecule has 0 radical (unpaired) electrons. The van der Waals surface area contributed by atoms with Crippen LogP contribution >= 0.6 is 0 Å². The fraction of sp³-hybridized carbons (Fsp3) is 0.667. The third kappa shape index (κ3) is 2.94. The standard InChI is InChI=1S/C21H29NO2/c1-13-4-5-19(14(2)6-13)24-15(3)20(23)22-21-10-16-7-17(11-21)9-18(8-16)12-21/h4-6,15-18H,7-12H2,1-3H3,(H,22,23)/t15-,16?,17?,18?,21?/m1/s1. The molecule has 3 heteroatoms. The van der Waals surface area contributed by atoms with Crippen LogP contribution in [0.15, 0.2) is 18.2 Å². The molecule has 1 amide bonds. The first-order valence-corrected chi connectivity index (χ1v) is 9.48. The Morgan fingerprint density at radius 2 is 1.71 bits per heavy atom. The van der Waals surface area contributed by atoms with Gasteiger partial charge in [0.2, 0.25) is 0 Å². The van der Waals surface area contributed by atoms with Gasteiger partial charge in [-0.05, 0) is 88.7 Å². The number of aryl methyl sites for hydroxylation is 2. The molecular weight excluding hydrogens is 298 g/mol. The normalized spacial score (nSPS) is 34.9. The third-order valence-electron chi connectivity index (χ3n) is 6.43. The van der Waals surface area contributed by atoms with Gasteiger partial charge in [-0.25, -0.2) is 0 Å². The van der Waals surface area contributed by atoms with Crippen molar-refractivity contribution >= 4 is 5.91 Å². The van der Waals surface area contributed by atoms with E-state index in [0.717, 1.165) is 29.1 Å². The first-order chi connectivity index (χ1) is 11.4. The highest BCUT2D eigenvalue weighted by atomic mass is 16.5. The Labute approximate surface area is 145 Å². The van der Waals surface area contributed by atoms with E-state index in [9.17, 15) is 4.79 Å². The summed E-state index contributed by atoms with van der Waals surface area (Å²) in [6.45, 7) is 5.97. The summed E-state index contributed by atoms with van der Waals surface area (Å²) in [5, 5.41) is 3.41. The average molecular weight is 327 g/mol. The second-order valence-corrected chi connectivity index (χ2v) is 8.72. The van der Waals surface area contributed by atoms with Gasteiger partial charge in [0.1, 0.15) is 5.75 Å². The van der Waals surface area contributed by atoms with Crippen LogP contribution in [-0.4, -0.2) is 17.6 Å². The minimum absolute atomic E-state index is 0.0527. The molecule has 0 saturated heterocycles. The van der Waals surface area contributed by atoms with Crippen LogP contribution in [-0.2, 0) is 4.79 Å². The van der Waals surface area contributed by atoms with E-state index in [4.69, 9.17) is 4.74 Å². The Kier molecular flexibility index (Phi) is 3.85. The molecule has 1 atom stereocenters. The van der Waals surface area contributed by atoms with Crippen LogP contribution in [0.4, 0.5) is 0 Å². The monoisotopic (exact) mass is 327 g/mol. The van der Waals surface area contributed by atoms with Crippen molar-refractivity contribution in [1.29, 1.82) is 0 Å². The molecule has 24 heavy (non-hydrogen) atoms. The second kappa shape index (κ2) is 5.79. The maximum Gasteiger partial charge on any atom is 0.261 e. The van der Waals surface area contributed by atoms with Crippen molar-refractivity contribution < 1.29 is 9.53 Å². The van der Waals surface area contributed by atoms with Crippen LogP contribution in [0, 0.1) is 31.6 Å². The Bertz CT molecular complexity index is 616. The molecule has 0 unspecified atom stereocenters. The molecule has 0 aromatic heterocycles. The van der Waals surface area contributed by atoms with Crippen molar-refractivity contribution in [3.05, 3.63) is 29.3 Å². The molecular formula is C21H29NO2. The van der Waals surface area contributed by atoms with E-state index in [0.29, 0.717) is 0 Å². The van der Waals surface area contributed by atoms with Gasteiger partial charge in [0.05, 0.1) is 0 Å². The number of hydrogen-bond donors (Lipinski definition) is 1. The molecule has 4 bridgehead atoms. The van der Waals surface area contributed by atoms with Gasteiger partial charge in [-0.3, -0.25) is 4.79 Å². The highest BCUT2D eigenvalue weighted by Gasteiger charge is 2.51. The summed E-state index contributed by atoms with van der Waals surface area (Å²) in [5.41, 5.74) is 2.36. The van der Waals surface area contributed by atoms with Crippen LogP contribution in [0.5, 0.6) is 5.75 Å². The molecule has 1 aromatic carbocycles. The summed E-state index contributed by atoms with van der Waals surface area (Å²) >= 11 is 0. The van der Waals surface area contributed by atoms with Crippen molar-refractivity contribution in [2.75, 3.05) is 0 Å². The van der Waals surface area contributed by atoms with Crippen LogP contribution < -0.4 is 10.1 Å². The largest absolute Gasteiger partial charge is 0.481 e. The zero-order valence-electron chi connectivity index (χ0n) is 15.1. The molecule has 4 saturated carbocycles. The summed E-state index contributed by atoms with van der Waals surface area (Å²) in [5.74, 6) is 3.39. The number of amides is 1. The van der Waals surface area contributed by atoms with Gasteiger partial charge in [-0.1, -0.05) is 17.7 Å². The first kappa shape index (κ1) is 16.0. The van der Waals surface area contributed by atoms with Gasteiger partial charge < -0.3 is 10.1 Å². The summed E-state index contributed by atoms with van der Waals surface area (Å²) in [7, 11) is 0. The molecule has 4 aliphatic rings. The quantitative estimate of drug-likeness (QED) is 0.902. The number of nitrogens with one attached hydrogen (secondary N) is 1. The molecule has 130 valence electrons. The number of benzene rings is 1. The second-order valence-electron chi connectivity index (χ2n) is 8.72. The van der Waals surface area contributed by atoms with Crippen molar-refractivity contribution in [3.8, 4) is 5.75 Å². The number of carbonyl (C=O) groups is 1. The molecule has 4 aliphatic carbocycles. The maximum absolute atomic E-state index is 12.8. The molecule has 1 N–H and O–H groups in total. The number of rotatable bonds is 4. The molecule has 1 aromatic rings.